The Balaban J connectivity index is 1.85. The number of rotatable bonds is 2. The highest BCUT2D eigenvalue weighted by atomic mass is 32.1. The molecule has 4 rings (SSSR count). The van der Waals surface area contributed by atoms with Gasteiger partial charge in [-0.25, -0.2) is 0 Å². The molecule has 3 nitrogen and oxygen atoms in total. The lowest BCUT2D eigenvalue weighted by Gasteiger charge is -2.12. The minimum Gasteiger partial charge on any atom is -0.289 e. The Labute approximate surface area is 133 Å². The summed E-state index contributed by atoms with van der Waals surface area (Å²) in [5.74, 6) is -0.508. The number of carbonyl (C=O) groups excluding carboxylic acids is 3. The fourth-order valence-electron chi connectivity index (χ4n) is 2.52. The largest absolute Gasteiger partial charge is 0.289 e. The van der Waals surface area contributed by atoms with Gasteiger partial charge in [-0.05, 0) is 17.5 Å². The van der Waals surface area contributed by atoms with Crippen LogP contribution in [0.25, 0.3) is 0 Å². The van der Waals surface area contributed by atoms with E-state index in [0.29, 0.717) is 31.3 Å². The molecule has 0 bridgehead atoms. The van der Waals surface area contributed by atoms with Gasteiger partial charge in [-0.2, -0.15) is 0 Å². The average Bonchev–Trinajstić information content (AvgIpc) is 3.21. The van der Waals surface area contributed by atoms with Crippen molar-refractivity contribution in [2.75, 3.05) is 0 Å². The Kier molecular flexibility index (Phi) is 2.92. The van der Waals surface area contributed by atoms with Crippen LogP contribution >= 0.6 is 22.7 Å². The fourth-order valence-corrected chi connectivity index (χ4v) is 4.32. The molecule has 0 amide bonds. The predicted molar refractivity (Wildman–Crippen MR) is 85.4 cm³/mol. The number of hydrogen-bond donors (Lipinski definition) is 0. The van der Waals surface area contributed by atoms with Crippen LogP contribution in [0, 0.1) is 0 Å². The van der Waals surface area contributed by atoms with E-state index < -0.39 is 0 Å². The topological polar surface area (TPSA) is 51.2 Å². The second-order valence-corrected chi connectivity index (χ2v) is 6.86. The molecule has 0 saturated heterocycles. The Morgan fingerprint density at radius 3 is 2.23 bits per heavy atom. The molecule has 0 unspecified atom stereocenters. The van der Waals surface area contributed by atoms with E-state index in [0.717, 1.165) is 11.3 Å². The Hall–Kier alpha value is -2.37. The van der Waals surface area contributed by atoms with Crippen molar-refractivity contribution in [2.24, 2.45) is 0 Å². The predicted octanol–water partition coefficient (Wildman–Crippen LogP) is 3.82. The smallest absolute Gasteiger partial charge is 0.212 e. The molecule has 2 aromatic heterocycles. The molecule has 1 aromatic carbocycles. The van der Waals surface area contributed by atoms with Gasteiger partial charge < -0.3 is 0 Å². The van der Waals surface area contributed by atoms with Crippen molar-refractivity contribution in [1.82, 2.24) is 0 Å². The first-order chi connectivity index (χ1) is 10.7. The first-order valence-corrected chi connectivity index (χ1v) is 8.27. The van der Waals surface area contributed by atoms with Crippen LogP contribution in [0.4, 0.5) is 0 Å². The third-order valence-corrected chi connectivity index (χ3v) is 5.57. The van der Waals surface area contributed by atoms with Crippen molar-refractivity contribution < 1.29 is 14.4 Å². The van der Waals surface area contributed by atoms with Crippen molar-refractivity contribution >= 4 is 40.0 Å². The van der Waals surface area contributed by atoms with Crippen LogP contribution in [-0.4, -0.2) is 17.3 Å². The summed E-state index contributed by atoms with van der Waals surface area (Å²) in [6.07, 6.45) is 0. The van der Waals surface area contributed by atoms with Gasteiger partial charge in [-0.3, -0.25) is 14.4 Å². The molecule has 0 N–H and O–H groups in total. The maximum Gasteiger partial charge on any atom is 0.212 e. The maximum absolute atomic E-state index is 12.5. The molecule has 0 radical (unpaired) electrons. The summed E-state index contributed by atoms with van der Waals surface area (Å²) in [5, 5.41) is 1.83. The van der Waals surface area contributed by atoms with Gasteiger partial charge in [-0.1, -0.05) is 30.3 Å². The summed E-state index contributed by atoms with van der Waals surface area (Å²) >= 11 is 2.45. The van der Waals surface area contributed by atoms with E-state index in [2.05, 4.69) is 0 Å². The van der Waals surface area contributed by atoms with Gasteiger partial charge in [0.15, 0.2) is 5.78 Å². The Morgan fingerprint density at radius 1 is 0.818 bits per heavy atom. The van der Waals surface area contributed by atoms with Crippen molar-refractivity contribution in [3.63, 3.8) is 0 Å². The number of fused-ring (bicyclic) bond motifs is 2. The average molecular weight is 324 g/mol. The normalized spacial score (nSPS) is 12.9. The van der Waals surface area contributed by atoms with Gasteiger partial charge >= 0.3 is 0 Å². The molecule has 2 heterocycles. The van der Waals surface area contributed by atoms with Crippen molar-refractivity contribution in [3.05, 3.63) is 79.2 Å². The third kappa shape index (κ3) is 1.83. The van der Waals surface area contributed by atoms with Gasteiger partial charge in [-0.15, -0.1) is 22.7 Å². The lowest BCUT2D eigenvalue weighted by molar-refractivity contribution is 0.0982. The maximum atomic E-state index is 12.5. The lowest BCUT2D eigenvalue weighted by atomic mass is 9.89. The molecule has 0 atom stereocenters. The zero-order chi connectivity index (χ0) is 15.3. The van der Waals surface area contributed by atoms with Gasteiger partial charge in [0, 0.05) is 16.7 Å². The van der Waals surface area contributed by atoms with Gasteiger partial charge in [0.2, 0.25) is 11.6 Å². The van der Waals surface area contributed by atoms with Crippen molar-refractivity contribution in [3.8, 4) is 0 Å². The zero-order valence-electron chi connectivity index (χ0n) is 11.2. The summed E-state index contributed by atoms with van der Waals surface area (Å²) in [5.41, 5.74) is 1.17. The van der Waals surface area contributed by atoms with E-state index >= 15 is 0 Å². The quantitative estimate of drug-likeness (QED) is 0.527. The Bertz CT molecular complexity index is 880. The molecular weight excluding hydrogens is 316 g/mol. The highest BCUT2D eigenvalue weighted by Gasteiger charge is 2.32. The molecule has 0 aliphatic heterocycles. The van der Waals surface area contributed by atoms with Crippen LogP contribution < -0.4 is 0 Å². The van der Waals surface area contributed by atoms with Crippen LogP contribution in [0.2, 0.25) is 0 Å². The minimum atomic E-state index is -0.188. The molecule has 0 saturated carbocycles. The highest BCUT2D eigenvalue weighted by Crippen LogP contribution is 2.34. The van der Waals surface area contributed by atoms with Gasteiger partial charge in [0.25, 0.3) is 0 Å². The van der Waals surface area contributed by atoms with E-state index in [1.165, 1.54) is 11.3 Å². The Morgan fingerprint density at radius 2 is 1.55 bits per heavy atom. The van der Waals surface area contributed by atoms with E-state index in [9.17, 15) is 14.4 Å². The molecule has 22 heavy (non-hydrogen) atoms. The van der Waals surface area contributed by atoms with Crippen LogP contribution in [0.15, 0.2) is 47.8 Å². The third-order valence-electron chi connectivity index (χ3n) is 3.57. The van der Waals surface area contributed by atoms with Crippen LogP contribution in [0.1, 0.15) is 45.7 Å². The molecule has 3 aromatic rings. The van der Waals surface area contributed by atoms with E-state index in [1.807, 2.05) is 5.38 Å². The molecule has 1 aliphatic carbocycles. The summed E-state index contributed by atoms with van der Waals surface area (Å²) in [7, 11) is 0. The first-order valence-electron chi connectivity index (χ1n) is 6.57. The van der Waals surface area contributed by atoms with E-state index in [-0.39, 0.29) is 17.3 Å². The highest BCUT2D eigenvalue weighted by molar-refractivity contribution is 7.18. The van der Waals surface area contributed by atoms with Crippen LogP contribution in [0.3, 0.4) is 0 Å². The standard InChI is InChI=1S/C17H8O3S2/c18-14-9-4-1-2-5-10(9)15(19)17-11(14)8-13(22-17)16(20)12-6-3-7-21-12/h1-8H. The molecular formula is C17H8O3S2. The number of benzene rings is 1. The van der Waals surface area contributed by atoms with Crippen LogP contribution in [0.5, 0.6) is 0 Å². The molecule has 5 heteroatoms. The number of thiophene rings is 2. The first kappa shape index (κ1) is 13.3. The second-order valence-electron chi connectivity index (χ2n) is 4.86. The SMILES string of the molecule is O=C(c1cccs1)c1cc2c(s1)C(=O)c1ccccc1C2=O. The lowest BCUT2D eigenvalue weighted by Crippen LogP contribution is -2.18. The molecule has 1 aliphatic rings. The summed E-state index contributed by atoms with van der Waals surface area (Å²) in [6.45, 7) is 0. The minimum absolute atomic E-state index is 0.140. The number of hydrogen-bond acceptors (Lipinski definition) is 5. The van der Waals surface area contributed by atoms with Crippen LogP contribution in [-0.2, 0) is 0 Å². The number of carbonyl (C=O) groups is 3. The van der Waals surface area contributed by atoms with Crippen molar-refractivity contribution in [2.45, 2.75) is 0 Å². The summed E-state index contributed by atoms with van der Waals surface area (Å²) in [6, 6.07) is 11.9. The summed E-state index contributed by atoms with van der Waals surface area (Å²) < 4.78 is 0. The monoisotopic (exact) mass is 324 g/mol. The van der Waals surface area contributed by atoms with Gasteiger partial charge in [0.05, 0.1) is 14.6 Å². The van der Waals surface area contributed by atoms with Crippen molar-refractivity contribution in [1.29, 1.82) is 0 Å². The second kappa shape index (κ2) is 4.83. The fraction of sp³-hybridized carbons (Fsp3) is 0. The van der Waals surface area contributed by atoms with Gasteiger partial charge in [0.1, 0.15) is 0 Å². The number of ketones is 3. The zero-order valence-corrected chi connectivity index (χ0v) is 12.8. The molecule has 106 valence electrons. The van der Waals surface area contributed by atoms with E-state index in [4.69, 9.17) is 0 Å². The van der Waals surface area contributed by atoms with E-state index in [1.54, 1.807) is 42.5 Å². The molecule has 0 fully saturated rings. The summed E-state index contributed by atoms with van der Waals surface area (Å²) in [4.78, 5) is 38.9. The molecule has 0 spiro atoms.